The van der Waals surface area contributed by atoms with Gasteiger partial charge in [0.2, 0.25) is 5.91 Å². The van der Waals surface area contributed by atoms with Gasteiger partial charge in [0.1, 0.15) is 17.6 Å². The van der Waals surface area contributed by atoms with Gasteiger partial charge in [-0.25, -0.2) is 4.39 Å². The highest BCUT2D eigenvalue weighted by Gasteiger charge is 2.24. The van der Waals surface area contributed by atoms with Crippen LogP contribution in [0.25, 0.3) is 0 Å². The number of ether oxygens (including phenoxy) is 1. The minimum Gasteiger partial charge on any atom is -0.496 e. The van der Waals surface area contributed by atoms with Crippen molar-refractivity contribution in [3.05, 3.63) is 58.7 Å². The van der Waals surface area contributed by atoms with Crippen LogP contribution in [0.3, 0.4) is 0 Å². The number of aryl methyl sites for hydroxylation is 1. The number of aromatic nitrogens is 1. The number of nitrogens with zero attached hydrogens (tertiary/aromatic N) is 2. The molecular weight excluding hydrogens is 309 g/mol. The smallest absolute Gasteiger partial charge is 0.239 e. The molecule has 1 unspecified atom stereocenters. The van der Waals surface area contributed by atoms with E-state index in [1.165, 1.54) is 12.1 Å². The van der Waals surface area contributed by atoms with E-state index in [0.29, 0.717) is 12.1 Å². The van der Waals surface area contributed by atoms with Gasteiger partial charge in [0.05, 0.1) is 12.8 Å². The van der Waals surface area contributed by atoms with Gasteiger partial charge in [-0.3, -0.25) is 14.7 Å². The molecule has 1 atom stereocenters. The maximum absolute atomic E-state index is 13.5. The van der Waals surface area contributed by atoms with E-state index in [1.54, 1.807) is 37.4 Å². The fourth-order valence-electron chi connectivity index (χ4n) is 2.87. The number of pyridine rings is 1. The topological polar surface area (TPSA) is 68.4 Å². The highest BCUT2D eigenvalue weighted by Crippen LogP contribution is 2.27. The number of benzene rings is 1. The lowest BCUT2D eigenvalue weighted by Crippen LogP contribution is -2.35. The lowest BCUT2D eigenvalue weighted by molar-refractivity contribution is -0.123. The molecule has 2 aromatic rings. The summed E-state index contributed by atoms with van der Waals surface area (Å²) >= 11 is 0. The zero-order valence-corrected chi connectivity index (χ0v) is 14.3. The Bertz CT molecular complexity index is 749. The van der Waals surface area contributed by atoms with Crippen molar-refractivity contribution in [1.29, 1.82) is 0 Å². The number of hydrogen-bond acceptors (Lipinski definition) is 4. The molecule has 24 heavy (non-hydrogen) atoms. The van der Waals surface area contributed by atoms with Gasteiger partial charge < -0.3 is 10.5 Å². The first-order chi connectivity index (χ1) is 11.3. The van der Waals surface area contributed by atoms with Crippen LogP contribution in [0.1, 0.15) is 28.4 Å². The molecule has 0 aliphatic heterocycles. The Morgan fingerprint density at radius 1 is 1.42 bits per heavy atom. The summed E-state index contributed by atoms with van der Waals surface area (Å²) in [5, 5.41) is 0. The van der Waals surface area contributed by atoms with Gasteiger partial charge in [-0.2, -0.15) is 0 Å². The number of nitrogens with two attached hydrogens (primary N) is 1. The summed E-state index contributed by atoms with van der Waals surface area (Å²) < 4.78 is 18.9. The zero-order chi connectivity index (χ0) is 17.9. The van der Waals surface area contributed by atoms with Gasteiger partial charge >= 0.3 is 0 Å². The maximum Gasteiger partial charge on any atom is 0.239 e. The SMILES string of the molecule is COc1c(C)cnc(CN(C)C(C(N)=O)c2cccc(F)c2)c1C. The largest absolute Gasteiger partial charge is 0.496 e. The van der Waals surface area contributed by atoms with E-state index in [2.05, 4.69) is 4.98 Å². The first-order valence-electron chi connectivity index (χ1n) is 7.59. The second-order valence-electron chi connectivity index (χ2n) is 5.82. The molecule has 2 rings (SSSR count). The van der Waals surface area contributed by atoms with Crippen molar-refractivity contribution in [3.8, 4) is 5.75 Å². The Hall–Kier alpha value is -2.47. The van der Waals surface area contributed by atoms with Crippen LogP contribution in [0.5, 0.6) is 5.75 Å². The summed E-state index contributed by atoms with van der Waals surface area (Å²) in [5.41, 5.74) is 8.69. The third-order valence-electron chi connectivity index (χ3n) is 4.02. The maximum atomic E-state index is 13.5. The first-order valence-corrected chi connectivity index (χ1v) is 7.59. The molecule has 0 saturated carbocycles. The van der Waals surface area contributed by atoms with Crippen LogP contribution in [0.2, 0.25) is 0 Å². The number of halogens is 1. The molecule has 0 aliphatic carbocycles. The van der Waals surface area contributed by atoms with Crippen LogP contribution < -0.4 is 10.5 Å². The van der Waals surface area contributed by atoms with Crippen molar-refractivity contribution in [2.45, 2.75) is 26.4 Å². The third kappa shape index (κ3) is 3.71. The van der Waals surface area contributed by atoms with Crippen LogP contribution in [0.4, 0.5) is 4.39 Å². The minimum absolute atomic E-state index is 0.382. The molecule has 0 bridgehead atoms. The number of carbonyl (C=O) groups is 1. The summed E-state index contributed by atoms with van der Waals surface area (Å²) in [6.45, 7) is 4.22. The van der Waals surface area contributed by atoms with Crippen molar-refractivity contribution in [1.82, 2.24) is 9.88 Å². The number of amides is 1. The molecule has 0 fully saturated rings. The summed E-state index contributed by atoms with van der Waals surface area (Å²) in [4.78, 5) is 18.1. The van der Waals surface area contributed by atoms with Gasteiger partial charge in [0, 0.05) is 23.9 Å². The molecule has 0 radical (unpaired) electrons. The fraction of sp³-hybridized carbons (Fsp3) is 0.333. The van der Waals surface area contributed by atoms with Crippen LogP contribution in [-0.2, 0) is 11.3 Å². The normalized spacial score (nSPS) is 12.2. The number of methoxy groups -OCH3 is 1. The Kier molecular flexibility index (Phi) is 5.51. The van der Waals surface area contributed by atoms with Crippen molar-refractivity contribution in [2.75, 3.05) is 14.2 Å². The van der Waals surface area contributed by atoms with Gasteiger partial charge in [-0.1, -0.05) is 12.1 Å². The van der Waals surface area contributed by atoms with Crippen LogP contribution >= 0.6 is 0 Å². The van der Waals surface area contributed by atoms with E-state index in [-0.39, 0.29) is 0 Å². The van der Waals surface area contributed by atoms with Crippen LogP contribution in [0.15, 0.2) is 30.5 Å². The molecule has 1 heterocycles. The Balaban J connectivity index is 2.32. The molecule has 2 N–H and O–H groups in total. The Morgan fingerprint density at radius 2 is 2.12 bits per heavy atom. The Labute approximate surface area is 141 Å². The number of carbonyl (C=O) groups excluding carboxylic acids is 1. The third-order valence-corrected chi connectivity index (χ3v) is 4.02. The number of hydrogen-bond donors (Lipinski definition) is 1. The second kappa shape index (κ2) is 7.40. The lowest BCUT2D eigenvalue weighted by Gasteiger charge is -2.26. The predicted octanol–water partition coefficient (Wildman–Crippen LogP) is 2.50. The van der Waals surface area contributed by atoms with Crippen molar-refractivity contribution < 1.29 is 13.9 Å². The zero-order valence-electron chi connectivity index (χ0n) is 14.3. The average Bonchev–Trinajstić information content (AvgIpc) is 2.50. The van der Waals surface area contributed by atoms with E-state index in [4.69, 9.17) is 10.5 Å². The van der Waals surface area contributed by atoms with Gasteiger partial charge in [0.15, 0.2) is 0 Å². The molecule has 128 valence electrons. The molecule has 0 aliphatic rings. The van der Waals surface area contributed by atoms with Crippen LogP contribution in [-0.4, -0.2) is 29.9 Å². The monoisotopic (exact) mass is 331 g/mol. The standard InChI is InChI=1S/C18H22FN3O2/c1-11-9-21-15(12(2)17(11)24-4)10-22(3)16(18(20)23)13-6-5-7-14(19)8-13/h5-9,16H,10H2,1-4H3,(H2,20,23). The second-order valence-corrected chi connectivity index (χ2v) is 5.82. The fourth-order valence-corrected chi connectivity index (χ4v) is 2.87. The minimum atomic E-state index is -0.741. The van der Waals surface area contributed by atoms with Crippen molar-refractivity contribution in [3.63, 3.8) is 0 Å². The van der Waals surface area contributed by atoms with Crippen molar-refractivity contribution >= 4 is 5.91 Å². The van der Waals surface area contributed by atoms with Gasteiger partial charge in [0.25, 0.3) is 0 Å². The summed E-state index contributed by atoms with van der Waals surface area (Å²) in [6, 6.07) is 5.16. The molecular formula is C18H22FN3O2. The predicted molar refractivity (Wildman–Crippen MR) is 90.1 cm³/mol. The highest BCUT2D eigenvalue weighted by atomic mass is 19.1. The Morgan fingerprint density at radius 3 is 2.71 bits per heavy atom. The van der Waals surface area contributed by atoms with Crippen molar-refractivity contribution in [2.24, 2.45) is 5.73 Å². The van der Waals surface area contributed by atoms with E-state index >= 15 is 0 Å². The molecule has 6 heteroatoms. The highest BCUT2D eigenvalue weighted by molar-refractivity contribution is 5.81. The van der Waals surface area contributed by atoms with E-state index in [9.17, 15) is 9.18 Å². The summed E-state index contributed by atoms with van der Waals surface area (Å²) in [7, 11) is 3.37. The van der Waals surface area contributed by atoms with E-state index in [1.807, 2.05) is 13.8 Å². The number of rotatable bonds is 6. The quantitative estimate of drug-likeness (QED) is 0.883. The average molecular weight is 331 g/mol. The molecule has 5 nitrogen and oxygen atoms in total. The molecule has 0 saturated heterocycles. The lowest BCUT2D eigenvalue weighted by atomic mass is 10.0. The first kappa shape index (κ1) is 17.9. The molecule has 0 spiro atoms. The van der Waals surface area contributed by atoms with Gasteiger partial charge in [-0.05, 0) is 38.6 Å². The summed E-state index contributed by atoms with van der Waals surface area (Å²) in [6.07, 6.45) is 1.73. The molecule has 1 aromatic heterocycles. The summed E-state index contributed by atoms with van der Waals surface area (Å²) in [5.74, 6) is -0.173. The number of likely N-dealkylation sites (N-methyl/N-ethyl adjacent to an activating group) is 1. The van der Waals surface area contributed by atoms with E-state index < -0.39 is 17.8 Å². The molecule has 1 amide bonds. The van der Waals surface area contributed by atoms with E-state index in [0.717, 1.165) is 22.6 Å². The number of primary amides is 1. The van der Waals surface area contributed by atoms with Crippen LogP contribution in [0, 0.1) is 19.7 Å². The molecule has 1 aromatic carbocycles. The van der Waals surface area contributed by atoms with Gasteiger partial charge in [-0.15, -0.1) is 0 Å².